The monoisotopic (exact) mass is 285 g/mol. The number of ether oxygens (including phenoxy) is 1. The third kappa shape index (κ3) is 2.54. The number of carbonyl (C=O) groups is 1. The fraction of sp³-hybridized carbons (Fsp3) is 0.250. The summed E-state index contributed by atoms with van der Waals surface area (Å²) >= 11 is 0. The number of carbonyl (C=O) groups excluding carboxylic acids is 1. The van der Waals surface area contributed by atoms with E-state index in [9.17, 15) is 4.79 Å². The summed E-state index contributed by atoms with van der Waals surface area (Å²) in [7, 11) is 1.60. The molecule has 0 aliphatic heterocycles. The third-order valence-corrected chi connectivity index (χ3v) is 3.52. The van der Waals surface area contributed by atoms with Crippen molar-refractivity contribution in [1.29, 1.82) is 0 Å². The highest BCUT2D eigenvalue weighted by Gasteiger charge is 2.19. The number of nitrogens with zero attached hydrogens (tertiary/aromatic N) is 2. The molecule has 110 valence electrons. The van der Waals surface area contributed by atoms with Gasteiger partial charge in [0.05, 0.1) is 19.2 Å². The molecule has 0 saturated carbocycles. The van der Waals surface area contributed by atoms with Crippen molar-refractivity contribution < 1.29 is 9.53 Å². The Labute approximate surface area is 124 Å². The lowest BCUT2D eigenvalue weighted by molar-refractivity contribution is 0.112. The van der Waals surface area contributed by atoms with Gasteiger partial charge in [-0.1, -0.05) is 6.08 Å². The second-order valence-corrected chi connectivity index (χ2v) is 4.87. The average Bonchev–Trinajstić information content (AvgIpc) is 2.78. The van der Waals surface area contributed by atoms with E-state index in [0.29, 0.717) is 29.4 Å². The Balaban J connectivity index is 2.71. The summed E-state index contributed by atoms with van der Waals surface area (Å²) in [6.07, 6.45) is 2.41. The van der Waals surface area contributed by atoms with Crippen LogP contribution >= 0.6 is 0 Å². The fourth-order valence-corrected chi connectivity index (χ4v) is 2.21. The van der Waals surface area contributed by atoms with Crippen LogP contribution in [0.1, 0.15) is 21.5 Å². The standard InChI is InChI=1S/C16H19N3O2/c1-5-6-19-16(17)13(9-20)15(18-19)12-7-10(2)11(3)8-14(12)21-4/h5,7-9H,1,6,17H2,2-4H3. The smallest absolute Gasteiger partial charge is 0.156 e. The van der Waals surface area contributed by atoms with Crippen LogP contribution in [0.25, 0.3) is 11.3 Å². The van der Waals surface area contributed by atoms with Gasteiger partial charge in [-0.05, 0) is 37.1 Å². The molecule has 1 heterocycles. The normalized spacial score (nSPS) is 10.4. The van der Waals surface area contributed by atoms with E-state index in [-0.39, 0.29) is 0 Å². The molecule has 21 heavy (non-hydrogen) atoms. The molecule has 0 unspecified atom stereocenters. The third-order valence-electron chi connectivity index (χ3n) is 3.52. The topological polar surface area (TPSA) is 70.1 Å². The van der Waals surface area contributed by atoms with E-state index in [1.807, 2.05) is 26.0 Å². The summed E-state index contributed by atoms with van der Waals surface area (Å²) in [5.41, 5.74) is 9.85. The summed E-state index contributed by atoms with van der Waals surface area (Å²) in [6, 6.07) is 3.89. The Morgan fingerprint density at radius 1 is 1.38 bits per heavy atom. The minimum atomic E-state index is 0.334. The maximum Gasteiger partial charge on any atom is 0.156 e. The molecule has 2 aromatic rings. The zero-order chi connectivity index (χ0) is 15.6. The van der Waals surface area contributed by atoms with Crippen LogP contribution in [0.15, 0.2) is 24.8 Å². The molecular weight excluding hydrogens is 266 g/mol. The number of anilines is 1. The summed E-state index contributed by atoms with van der Waals surface area (Å²) < 4.78 is 6.97. The van der Waals surface area contributed by atoms with E-state index in [1.165, 1.54) is 0 Å². The van der Waals surface area contributed by atoms with E-state index in [0.717, 1.165) is 23.0 Å². The van der Waals surface area contributed by atoms with Crippen molar-refractivity contribution in [2.75, 3.05) is 12.8 Å². The molecule has 0 amide bonds. The predicted octanol–water partition coefficient (Wildman–Crippen LogP) is 2.76. The molecule has 5 nitrogen and oxygen atoms in total. The van der Waals surface area contributed by atoms with Crippen LogP contribution in [-0.2, 0) is 6.54 Å². The van der Waals surface area contributed by atoms with E-state index in [4.69, 9.17) is 10.5 Å². The van der Waals surface area contributed by atoms with Crippen LogP contribution in [0.5, 0.6) is 5.75 Å². The quantitative estimate of drug-likeness (QED) is 0.677. The van der Waals surface area contributed by atoms with Crippen molar-refractivity contribution >= 4 is 12.1 Å². The molecule has 0 aliphatic rings. The molecule has 5 heteroatoms. The molecule has 2 N–H and O–H groups in total. The number of benzene rings is 1. The Bertz CT molecular complexity index is 702. The van der Waals surface area contributed by atoms with Gasteiger partial charge >= 0.3 is 0 Å². The van der Waals surface area contributed by atoms with Crippen molar-refractivity contribution in [3.8, 4) is 17.0 Å². The summed E-state index contributed by atoms with van der Waals surface area (Å²) in [6.45, 7) is 8.12. The zero-order valence-corrected chi connectivity index (χ0v) is 12.5. The lowest BCUT2D eigenvalue weighted by Crippen LogP contribution is -2.03. The van der Waals surface area contributed by atoms with Gasteiger partial charge in [-0.2, -0.15) is 5.10 Å². The number of methoxy groups -OCH3 is 1. The summed E-state index contributed by atoms with van der Waals surface area (Å²) in [4.78, 5) is 11.4. The molecule has 0 saturated heterocycles. The van der Waals surface area contributed by atoms with Gasteiger partial charge in [-0.15, -0.1) is 6.58 Å². The molecule has 0 radical (unpaired) electrons. The Kier molecular flexibility index (Phi) is 4.12. The van der Waals surface area contributed by atoms with Gasteiger partial charge in [-0.25, -0.2) is 4.68 Å². The summed E-state index contributed by atoms with van der Waals surface area (Å²) in [5.74, 6) is 1.00. The van der Waals surface area contributed by atoms with Crippen LogP contribution in [0.3, 0.4) is 0 Å². The molecule has 0 bridgehead atoms. The lowest BCUT2D eigenvalue weighted by atomic mass is 10.0. The number of aromatic nitrogens is 2. The van der Waals surface area contributed by atoms with Crippen molar-refractivity contribution in [2.45, 2.75) is 20.4 Å². The maximum atomic E-state index is 11.4. The van der Waals surface area contributed by atoms with Crippen LogP contribution in [0, 0.1) is 13.8 Å². The first-order chi connectivity index (χ1) is 10.0. The first-order valence-corrected chi connectivity index (χ1v) is 6.61. The second kappa shape index (κ2) is 5.83. The molecule has 0 aliphatic carbocycles. The largest absolute Gasteiger partial charge is 0.496 e. The molecule has 1 aromatic heterocycles. The number of aryl methyl sites for hydroxylation is 2. The number of hydrogen-bond acceptors (Lipinski definition) is 4. The predicted molar refractivity (Wildman–Crippen MR) is 83.7 cm³/mol. The van der Waals surface area contributed by atoms with Gasteiger partial charge in [0.2, 0.25) is 0 Å². The van der Waals surface area contributed by atoms with Gasteiger partial charge in [0.25, 0.3) is 0 Å². The Morgan fingerprint density at radius 3 is 2.62 bits per heavy atom. The minimum Gasteiger partial charge on any atom is -0.496 e. The highest BCUT2D eigenvalue weighted by atomic mass is 16.5. The van der Waals surface area contributed by atoms with Crippen LogP contribution in [0.2, 0.25) is 0 Å². The SMILES string of the molecule is C=CCn1nc(-c2cc(C)c(C)cc2OC)c(C=O)c1N. The average molecular weight is 285 g/mol. The number of hydrogen-bond donors (Lipinski definition) is 1. The van der Waals surface area contributed by atoms with Crippen molar-refractivity contribution in [3.05, 3.63) is 41.5 Å². The molecule has 0 fully saturated rings. The highest BCUT2D eigenvalue weighted by Crippen LogP contribution is 2.35. The van der Waals surface area contributed by atoms with Gasteiger partial charge in [0.1, 0.15) is 17.3 Å². The molecule has 0 atom stereocenters. The molecular formula is C16H19N3O2. The first-order valence-electron chi connectivity index (χ1n) is 6.61. The highest BCUT2D eigenvalue weighted by molar-refractivity contribution is 5.93. The van der Waals surface area contributed by atoms with Gasteiger partial charge in [0, 0.05) is 5.56 Å². The van der Waals surface area contributed by atoms with Crippen LogP contribution in [-0.4, -0.2) is 23.2 Å². The number of rotatable bonds is 5. The lowest BCUT2D eigenvalue weighted by Gasteiger charge is -2.10. The van der Waals surface area contributed by atoms with Crippen LogP contribution in [0.4, 0.5) is 5.82 Å². The zero-order valence-electron chi connectivity index (χ0n) is 12.5. The maximum absolute atomic E-state index is 11.4. The Hall–Kier alpha value is -2.56. The van der Waals surface area contributed by atoms with Crippen LogP contribution < -0.4 is 10.5 Å². The molecule has 0 spiro atoms. The van der Waals surface area contributed by atoms with Gasteiger partial charge in [-0.3, -0.25) is 4.79 Å². The van der Waals surface area contributed by atoms with Crippen molar-refractivity contribution in [3.63, 3.8) is 0 Å². The van der Waals surface area contributed by atoms with Crippen molar-refractivity contribution in [2.24, 2.45) is 0 Å². The van der Waals surface area contributed by atoms with E-state index in [2.05, 4.69) is 11.7 Å². The molecule has 2 rings (SSSR count). The van der Waals surface area contributed by atoms with E-state index in [1.54, 1.807) is 17.9 Å². The number of nitrogens with two attached hydrogens (primary N) is 1. The molecule has 1 aromatic carbocycles. The van der Waals surface area contributed by atoms with Gasteiger partial charge < -0.3 is 10.5 Å². The van der Waals surface area contributed by atoms with Crippen molar-refractivity contribution in [1.82, 2.24) is 9.78 Å². The minimum absolute atomic E-state index is 0.334. The second-order valence-electron chi connectivity index (χ2n) is 4.87. The van der Waals surface area contributed by atoms with E-state index >= 15 is 0 Å². The van der Waals surface area contributed by atoms with E-state index < -0.39 is 0 Å². The number of allylic oxidation sites excluding steroid dienone is 1. The summed E-state index contributed by atoms with van der Waals surface area (Å²) in [5, 5.41) is 4.43. The number of aldehydes is 1. The van der Waals surface area contributed by atoms with Gasteiger partial charge in [0.15, 0.2) is 6.29 Å². The Morgan fingerprint density at radius 2 is 2.05 bits per heavy atom. The first kappa shape index (κ1) is 14.8. The fourth-order valence-electron chi connectivity index (χ4n) is 2.21. The number of nitrogen functional groups attached to an aromatic ring is 1.